The van der Waals surface area contributed by atoms with Gasteiger partial charge in [0.2, 0.25) is 6.79 Å². The number of rotatable bonds is 7. The van der Waals surface area contributed by atoms with Gasteiger partial charge in [0.05, 0.1) is 11.3 Å². The first-order valence-corrected chi connectivity index (χ1v) is 11.4. The fourth-order valence-corrected chi connectivity index (χ4v) is 4.50. The summed E-state index contributed by atoms with van der Waals surface area (Å²) in [6.45, 7) is 6.10. The number of hydrogen-bond donors (Lipinski definition) is 1. The zero-order chi connectivity index (χ0) is 23.5. The van der Waals surface area contributed by atoms with E-state index in [1.54, 1.807) is 12.1 Å². The van der Waals surface area contributed by atoms with Crippen molar-refractivity contribution in [1.29, 1.82) is 0 Å². The van der Waals surface area contributed by atoms with E-state index < -0.39 is 0 Å². The Morgan fingerprint density at radius 1 is 1.09 bits per heavy atom. The van der Waals surface area contributed by atoms with Crippen LogP contribution in [-0.4, -0.2) is 37.6 Å². The van der Waals surface area contributed by atoms with Crippen LogP contribution < -0.4 is 19.5 Å². The van der Waals surface area contributed by atoms with Crippen molar-refractivity contribution in [3.63, 3.8) is 0 Å². The highest BCUT2D eigenvalue weighted by molar-refractivity contribution is 5.94. The summed E-state index contributed by atoms with van der Waals surface area (Å²) in [6, 6.07) is 13.2. The summed E-state index contributed by atoms with van der Waals surface area (Å²) < 4.78 is 27.8. The molecule has 1 aromatic heterocycles. The summed E-state index contributed by atoms with van der Waals surface area (Å²) in [5.74, 6) is 2.71. The number of aromatic nitrogens is 1. The fourth-order valence-electron chi connectivity index (χ4n) is 4.50. The molecule has 0 radical (unpaired) electrons. The van der Waals surface area contributed by atoms with Gasteiger partial charge >= 0.3 is 0 Å². The molecule has 8 nitrogen and oxygen atoms in total. The average Bonchev–Trinajstić information content (AvgIpc) is 3.47. The number of aryl methyl sites for hydroxylation is 2. The molecule has 5 rings (SSSR count). The standard InChI is InChI=1S/C26H28N2O6/c1-17-22(18(2)34-28-17)14-31-21-5-3-4-19(12-21)25(29)27-15-26(8-10-30-11-9-26)20-6-7-23-24(13-20)33-16-32-23/h3-7,12-13H,8-11,14-16H2,1-2H3,(H,27,29). The van der Waals surface area contributed by atoms with Crippen LogP contribution in [0, 0.1) is 13.8 Å². The predicted molar refractivity (Wildman–Crippen MR) is 123 cm³/mol. The zero-order valence-electron chi connectivity index (χ0n) is 19.4. The molecule has 178 valence electrons. The van der Waals surface area contributed by atoms with Gasteiger partial charge in [0, 0.05) is 30.7 Å². The van der Waals surface area contributed by atoms with Crippen LogP contribution in [0.4, 0.5) is 0 Å². The third-order valence-corrected chi connectivity index (χ3v) is 6.68. The smallest absolute Gasteiger partial charge is 0.251 e. The van der Waals surface area contributed by atoms with Crippen molar-refractivity contribution in [2.24, 2.45) is 0 Å². The molecule has 3 heterocycles. The second kappa shape index (κ2) is 9.38. The Morgan fingerprint density at radius 2 is 1.91 bits per heavy atom. The van der Waals surface area contributed by atoms with Crippen LogP contribution in [0.15, 0.2) is 47.0 Å². The van der Waals surface area contributed by atoms with E-state index in [-0.39, 0.29) is 18.1 Å². The molecule has 1 fully saturated rings. The molecule has 2 aliphatic rings. The molecule has 2 aromatic carbocycles. The van der Waals surface area contributed by atoms with Crippen molar-refractivity contribution in [2.45, 2.75) is 38.7 Å². The number of fused-ring (bicyclic) bond motifs is 1. The molecule has 8 heteroatoms. The molecule has 1 amide bonds. The Kier molecular flexibility index (Phi) is 6.15. The van der Waals surface area contributed by atoms with Gasteiger partial charge in [-0.25, -0.2) is 0 Å². The predicted octanol–water partition coefficient (Wildman–Crippen LogP) is 4.08. The first-order chi connectivity index (χ1) is 16.5. The first kappa shape index (κ1) is 22.3. The number of hydrogen-bond acceptors (Lipinski definition) is 7. The van der Waals surface area contributed by atoms with Crippen molar-refractivity contribution in [3.8, 4) is 17.2 Å². The number of amides is 1. The molecule has 34 heavy (non-hydrogen) atoms. The molecular formula is C26H28N2O6. The number of benzene rings is 2. The van der Waals surface area contributed by atoms with Crippen LogP contribution in [0.5, 0.6) is 17.2 Å². The van der Waals surface area contributed by atoms with E-state index in [0.29, 0.717) is 37.7 Å². The molecule has 1 N–H and O–H groups in total. The van der Waals surface area contributed by atoms with Crippen molar-refractivity contribution >= 4 is 5.91 Å². The molecule has 0 spiro atoms. The van der Waals surface area contributed by atoms with Crippen molar-refractivity contribution in [2.75, 3.05) is 26.6 Å². The highest BCUT2D eigenvalue weighted by atomic mass is 16.7. The lowest BCUT2D eigenvalue weighted by atomic mass is 9.74. The largest absolute Gasteiger partial charge is 0.489 e. The van der Waals surface area contributed by atoms with Gasteiger partial charge in [0.25, 0.3) is 5.91 Å². The van der Waals surface area contributed by atoms with Crippen LogP contribution in [-0.2, 0) is 16.8 Å². The lowest BCUT2D eigenvalue weighted by Gasteiger charge is -2.38. The lowest BCUT2D eigenvalue weighted by molar-refractivity contribution is 0.0486. The maximum atomic E-state index is 13.1. The third-order valence-electron chi connectivity index (χ3n) is 6.68. The van der Waals surface area contributed by atoms with Gasteiger partial charge in [-0.05, 0) is 62.6 Å². The van der Waals surface area contributed by atoms with Gasteiger partial charge in [-0.2, -0.15) is 0 Å². The highest BCUT2D eigenvalue weighted by Gasteiger charge is 2.36. The Balaban J connectivity index is 1.28. The van der Waals surface area contributed by atoms with E-state index in [4.69, 9.17) is 23.5 Å². The fraction of sp³-hybridized carbons (Fsp3) is 0.385. The summed E-state index contributed by atoms with van der Waals surface area (Å²) in [4.78, 5) is 13.1. The third kappa shape index (κ3) is 4.46. The number of nitrogens with zero attached hydrogens (tertiary/aromatic N) is 1. The summed E-state index contributed by atoms with van der Waals surface area (Å²) in [5, 5.41) is 7.09. The van der Waals surface area contributed by atoms with E-state index in [0.717, 1.165) is 46.9 Å². The Bertz CT molecular complexity index is 1160. The second-order valence-electron chi connectivity index (χ2n) is 8.76. The Morgan fingerprint density at radius 3 is 2.71 bits per heavy atom. The van der Waals surface area contributed by atoms with Gasteiger partial charge in [-0.15, -0.1) is 0 Å². The number of nitrogens with one attached hydrogen (secondary N) is 1. The normalized spacial score (nSPS) is 16.3. The van der Waals surface area contributed by atoms with Gasteiger partial charge in [-0.1, -0.05) is 17.3 Å². The topological polar surface area (TPSA) is 92.1 Å². The second-order valence-corrected chi connectivity index (χ2v) is 8.76. The molecule has 0 unspecified atom stereocenters. The number of ether oxygens (including phenoxy) is 4. The van der Waals surface area contributed by atoms with Crippen LogP contribution in [0.1, 0.15) is 45.8 Å². The molecule has 0 aliphatic carbocycles. The molecule has 3 aromatic rings. The van der Waals surface area contributed by atoms with Crippen molar-refractivity contribution < 1.29 is 28.3 Å². The lowest BCUT2D eigenvalue weighted by Crippen LogP contribution is -2.44. The minimum atomic E-state index is -0.230. The molecular weight excluding hydrogens is 436 g/mol. The van der Waals surface area contributed by atoms with E-state index in [1.807, 2.05) is 38.1 Å². The summed E-state index contributed by atoms with van der Waals surface area (Å²) in [6.07, 6.45) is 1.63. The molecule has 2 aliphatic heterocycles. The minimum absolute atomic E-state index is 0.144. The Hall–Kier alpha value is -3.52. The van der Waals surface area contributed by atoms with Gasteiger partial charge < -0.3 is 28.8 Å². The number of carbonyl (C=O) groups excluding carboxylic acids is 1. The van der Waals surface area contributed by atoms with Crippen LogP contribution in [0.3, 0.4) is 0 Å². The van der Waals surface area contributed by atoms with E-state index in [2.05, 4.69) is 16.5 Å². The average molecular weight is 465 g/mol. The summed E-state index contributed by atoms with van der Waals surface area (Å²) in [7, 11) is 0. The van der Waals surface area contributed by atoms with Crippen molar-refractivity contribution in [3.05, 3.63) is 70.6 Å². The maximum Gasteiger partial charge on any atom is 0.251 e. The minimum Gasteiger partial charge on any atom is -0.489 e. The van der Waals surface area contributed by atoms with Crippen molar-refractivity contribution in [1.82, 2.24) is 10.5 Å². The summed E-state index contributed by atoms with van der Waals surface area (Å²) in [5.41, 5.74) is 3.16. The van der Waals surface area contributed by atoms with Crippen LogP contribution in [0.2, 0.25) is 0 Å². The first-order valence-electron chi connectivity index (χ1n) is 11.4. The van der Waals surface area contributed by atoms with Gasteiger partial charge in [-0.3, -0.25) is 4.79 Å². The zero-order valence-corrected chi connectivity index (χ0v) is 19.4. The summed E-state index contributed by atoms with van der Waals surface area (Å²) >= 11 is 0. The van der Waals surface area contributed by atoms with E-state index >= 15 is 0 Å². The van der Waals surface area contributed by atoms with Gasteiger partial charge in [0.15, 0.2) is 11.5 Å². The maximum absolute atomic E-state index is 13.1. The number of carbonyl (C=O) groups is 1. The molecule has 0 saturated carbocycles. The van der Waals surface area contributed by atoms with Crippen LogP contribution >= 0.6 is 0 Å². The van der Waals surface area contributed by atoms with Gasteiger partial charge in [0.1, 0.15) is 18.1 Å². The van der Waals surface area contributed by atoms with E-state index in [1.165, 1.54) is 0 Å². The van der Waals surface area contributed by atoms with E-state index in [9.17, 15) is 4.79 Å². The SMILES string of the molecule is Cc1noc(C)c1COc1cccc(C(=O)NCC2(c3ccc4c(c3)OCO4)CCOCC2)c1. The van der Waals surface area contributed by atoms with Crippen LogP contribution in [0.25, 0.3) is 0 Å². The monoisotopic (exact) mass is 464 g/mol. The molecule has 0 atom stereocenters. The Labute approximate surface area is 198 Å². The molecule has 0 bridgehead atoms. The molecule has 1 saturated heterocycles. The highest BCUT2D eigenvalue weighted by Crippen LogP contribution is 2.40. The quantitative estimate of drug-likeness (QED) is 0.563.